The van der Waals surface area contributed by atoms with Crippen LogP contribution in [0.2, 0.25) is 0 Å². The van der Waals surface area contributed by atoms with Gasteiger partial charge in [-0.25, -0.2) is 0 Å². The minimum absolute atomic E-state index is 0.0981. The third-order valence-corrected chi connectivity index (χ3v) is 1.73. The molecule has 2 heteroatoms. The van der Waals surface area contributed by atoms with Crippen LogP contribution in [0.25, 0.3) is 0 Å². The lowest BCUT2D eigenvalue weighted by Gasteiger charge is -1.94. The first-order chi connectivity index (χ1) is 6.38. The van der Waals surface area contributed by atoms with Crippen molar-refractivity contribution in [1.29, 1.82) is 0 Å². The molecule has 1 radical (unpaired) electrons. The molecule has 1 heterocycles. The first-order valence-electron chi connectivity index (χ1n) is 3.92. The monoisotopic (exact) mass is 171 g/mol. The maximum Gasteiger partial charge on any atom is 0.228 e. The average molecular weight is 171 g/mol. The molecule has 0 N–H and O–H groups in total. The van der Waals surface area contributed by atoms with Crippen LogP contribution in [0.3, 0.4) is 0 Å². The van der Waals surface area contributed by atoms with Gasteiger partial charge in [-0.15, -0.1) is 0 Å². The van der Waals surface area contributed by atoms with Gasteiger partial charge in [0.1, 0.15) is 0 Å². The molecule has 0 amide bonds. The Balaban J connectivity index is 2.34. The van der Waals surface area contributed by atoms with Crippen molar-refractivity contribution in [2.45, 2.75) is 0 Å². The zero-order chi connectivity index (χ0) is 9.10. The van der Waals surface area contributed by atoms with Crippen LogP contribution in [-0.4, -0.2) is 5.78 Å². The molecule has 1 aromatic heterocycles. The summed E-state index contributed by atoms with van der Waals surface area (Å²) >= 11 is 0. The normalized spacial score (nSPS) is 9.85. The van der Waals surface area contributed by atoms with Crippen molar-refractivity contribution < 1.29 is 9.21 Å². The second-order valence-electron chi connectivity index (χ2n) is 2.60. The van der Waals surface area contributed by atoms with Gasteiger partial charge in [0.05, 0.1) is 6.26 Å². The Morgan fingerprint density at radius 2 is 2.00 bits per heavy atom. The SMILES string of the molecule is O=C(c1cc[c]cc1)c1ccco1. The molecule has 0 fully saturated rings. The van der Waals surface area contributed by atoms with Crippen molar-refractivity contribution in [3.8, 4) is 0 Å². The number of hydrogen-bond acceptors (Lipinski definition) is 2. The smallest absolute Gasteiger partial charge is 0.228 e. The summed E-state index contributed by atoms with van der Waals surface area (Å²) in [5, 5.41) is 0. The summed E-state index contributed by atoms with van der Waals surface area (Å²) in [5.74, 6) is 0.269. The number of hydrogen-bond donors (Lipinski definition) is 0. The molecule has 2 rings (SSSR count). The number of carbonyl (C=O) groups is 1. The molecule has 0 aliphatic rings. The van der Waals surface area contributed by atoms with Gasteiger partial charge in [0, 0.05) is 5.56 Å². The Labute approximate surface area is 75.8 Å². The Bertz CT molecular complexity index is 387. The van der Waals surface area contributed by atoms with Gasteiger partial charge in [0.2, 0.25) is 5.78 Å². The van der Waals surface area contributed by atoms with Crippen LogP contribution < -0.4 is 0 Å². The average Bonchev–Trinajstić information content (AvgIpc) is 2.71. The molecule has 0 aliphatic heterocycles. The van der Waals surface area contributed by atoms with Crippen molar-refractivity contribution in [2.24, 2.45) is 0 Å². The van der Waals surface area contributed by atoms with Crippen molar-refractivity contribution in [1.82, 2.24) is 0 Å². The van der Waals surface area contributed by atoms with Crippen LogP contribution in [0, 0.1) is 6.07 Å². The Morgan fingerprint density at radius 1 is 1.23 bits per heavy atom. The minimum atomic E-state index is -0.0981. The van der Waals surface area contributed by atoms with E-state index in [1.54, 1.807) is 36.4 Å². The quantitative estimate of drug-likeness (QED) is 0.649. The van der Waals surface area contributed by atoms with E-state index in [9.17, 15) is 4.79 Å². The summed E-state index contributed by atoms with van der Waals surface area (Å²) in [6.45, 7) is 0. The summed E-state index contributed by atoms with van der Waals surface area (Å²) in [7, 11) is 0. The molecular weight excluding hydrogens is 164 g/mol. The highest BCUT2D eigenvalue weighted by atomic mass is 16.3. The summed E-state index contributed by atoms with van der Waals surface area (Å²) in [4.78, 5) is 11.6. The molecular formula is C11H7O2. The minimum Gasteiger partial charge on any atom is -0.461 e. The maximum absolute atomic E-state index is 11.6. The standard InChI is InChI=1S/C11H7O2/c12-11(10-7-4-8-13-10)9-5-2-1-3-6-9/h2-8H. The lowest BCUT2D eigenvalue weighted by Crippen LogP contribution is -1.98. The van der Waals surface area contributed by atoms with Crippen molar-refractivity contribution in [2.75, 3.05) is 0 Å². The highest BCUT2D eigenvalue weighted by molar-refractivity contribution is 6.06. The molecule has 0 saturated carbocycles. The lowest BCUT2D eigenvalue weighted by molar-refractivity contribution is 0.101. The Hall–Kier alpha value is -1.83. The van der Waals surface area contributed by atoms with Crippen LogP contribution in [0.1, 0.15) is 16.1 Å². The number of rotatable bonds is 2. The zero-order valence-corrected chi connectivity index (χ0v) is 6.86. The van der Waals surface area contributed by atoms with E-state index in [-0.39, 0.29) is 5.78 Å². The van der Waals surface area contributed by atoms with Gasteiger partial charge in [-0.05, 0) is 18.2 Å². The van der Waals surface area contributed by atoms with E-state index in [0.717, 1.165) is 0 Å². The molecule has 2 nitrogen and oxygen atoms in total. The molecule has 2 aromatic rings. The van der Waals surface area contributed by atoms with Gasteiger partial charge < -0.3 is 4.42 Å². The largest absolute Gasteiger partial charge is 0.461 e. The lowest BCUT2D eigenvalue weighted by atomic mass is 10.1. The molecule has 63 valence electrons. The van der Waals surface area contributed by atoms with Crippen molar-refractivity contribution in [3.05, 3.63) is 60.1 Å². The maximum atomic E-state index is 11.6. The van der Waals surface area contributed by atoms with Crippen LogP contribution in [0.15, 0.2) is 47.1 Å². The fraction of sp³-hybridized carbons (Fsp3) is 0. The summed E-state index contributed by atoms with van der Waals surface area (Å²) in [6, 6.07) is 13.0. The predicted molar refractivity (Wildman–Crippen MR) is 47.4 cm³/mol. The van der Waals surface area contributed by atoms with Gasteiger partial charge in [0.25, 0.3) is 0 Å². The van der Waals surface area contributed by atoms with E-state index in [1.807, 2.05) is 0 Å². The summed E-state index contributed by atoms with van der Waals surface area (Å²) in [5.41, 5.74) is 0.619. The molecule has 0 atom stereocenters. The highest BCUT2D eigenvalue weighted by Crippen LogP contribution is 2.08. The van der Waals surface area contributed by atoms with E-state index >= 15 is 0 Å². The second kappa shape index (κ2) is 3.27. The van der Waals surface area contributed by atoms with Crippen molar-refractivity contribution in [3.63, 3.8) is 0 Å². The van der Waals surface area contributed by atoms with Gasteiger partial charge in [-0.2, -0.15) is 0 Å². The molecule has 0 unspecified atom stereocenters. The van der Waals surface area contributed by atoms with Crippen molar-refractivity contribution >= 4 is 5.78 Å². The van der Waals surface area contributed by atoms with E-state index in [4.69, 9.17) is 4.42 Å². The molecule has 1 aromatic carbocycles. The topological polar surface area (TPSA) is 30.2 Å². The molecule has 0 bridgehead atoms. The predicted octanol–water partition coefficient (Wildman–Crippen LogP) is 2.31. The van der Waals surface area contributed by atoms with E-state index in [2.05, 4.69) is 6.07 Å². The molecule has 0 spiro atoms. The van der Waals surface area contributed by atoms with Crippen LogP contribution >= 0.6 is 0 Å². The van der Waals surface area contributed by atoms with Gasteiger partial charge in [-0.1, -0.05) is 24.3 Å². The van der Waals surface area contributed by atoms with E-state index < -0.39 is 0 Å². The van der Waals surface area contributed by atoms with Gasteiger partial charge in [-0.3, -0.25) is 4.79 Å². The van der Waals surface area contributed by atoms with Crippen LogP contribution in [0.4, 0.5) is 0 Å². The third kappa shape index (κ3) is 1.51. The first kappa shape index (κ1) is 7.80. The fourth-order valence-electron chi connectivity index (χ4n) is 1.09. The third-order valence-electron chi connectivity index (χ3n) is 1.73. The van der Waals surface area contributed by atoms with Crippen LogP contribution in [-0.2, 0) is 0 Å². The van der Waals surface area contributed by atoms with E-state index in [0.29, 0.717) is 11.3 Å². The Kier molecular flexibility index (Phi) is 1.96. The molecule has 13 heavy (non-hydrogen) atoms. The summed E-state index contributed by atoms with van der Waals surface area (Å²) in [6.07, 6.45) is 1.49. The number of ketones is 1. The first-order valence-corrected chi connectivity index (χ1v) is 3.92. The van der Waals surface area contributed by atoms with Crippen LogP contribution in [0.5, 0.6) is 0 Å². The van der Waals surface area contributed by atoms with Gasteiger partial charge in [0.15, 0.2) is 5.76 Å². The second-order valence-corrected chi connectivity index (χ2v) is 2.60. The number of benzene rings is 1. The summed E-state index contributed by atoms with van der Waals surface area (Å²) < 4.78 is 4.99. The number of furan rings is 1. The Morgan fingerprint density at radius 3 is 2.62 bits per heavy atom. The highest BCUT2D eigenvalue weighted by Gasteiger charge is 2.09. The van der Waals surface area contributed by atoms with Gasteiger partial charge >= 0.3 is 0 Å². The fourth-order valence-corrected chi connectivity index (χ4v) is 1.09. The zero-order valence-electron chi connectivity index (χ0n) is 6.86. The molecule has 0 aliphatic carbocycles. The van der Waals surface area contributed by atoms with E-state index in [1.165, 1.54) is 6.26 Å². The number of carbonyl (C=O) groups excluding carboxylic acids is 1. The molecule has 0 saturated heterocycles.